The molecule has 0 bridgehead atoms. The summed E-state index contributed by atoms with van der Waals surface area (Å²) in [6, 6.07) is 7.99. The van der Waals surface area contributed by atoms with E-state index in [0.29, 0.717) is 11.1 Å². The van der Waals surface area contributed by atoms with Crippen LogP contribution in [0.25, 0.3) is 0 Å². The Morgan fingerprint density at radius 1 is 1.46 bits per heavy atom. The molecule has 1 aromatic rings. The van der Waals surface area contributed by atoms with Gasteiger partial charge < -0.3 is 5.21 Å². The molecule has 1 rings (SSSR count). The van der Waals surface area contributed by atoms with Crippen LogP contribution in [0.5, 0.6) is 0 Å². The maximum Gasteiger partial charge on any atom is 0.207 e. The van der Waals surface area contributed by atoms with E-state index < -0.39 is 5.78 Å². The highest BCUT2D eigenvalue weighted by molar-refractivity contribution is 6.35. The van der Waals surface area contributed by atoms with Gasteiger partial charge in [-0.1, -0.05) is 5.16 Å². The third-order valence-electron chi connectivity index (χ3n) is 1.47. The summed E-state index contributed by atoms with van der Waals surface area (Å²) in [5.41, 5.74) is 0.870. The van der Waals surface area contributed by atoms with E-state index in [0.717, 1.165) is 6.21 Å². The van der Waals surface area contributed by atoms with Crippen LogP contribution in [0.2, 0.25) is 0 Å². The molecule has 0 heterocycles. The van der Waals surface area contributed by atoms with Gasteiger partial charge >= 0.3 is 0 Å². The molecule has 0 aliphatic carbocycles. The minimum atomic E-state index is -0.396. The largest absolute Gasteiger partial charge is 0.411 e. The van der Waals surface area contributed by atoms with Crippen LogP contribution in [0.1, 0.15) is 15.9 Å². The van der Waals surface area contributed by atoms with E-state index in [9.17, 15) is 4.79 Å². The second-order valence-electron chi connectivity index (χ2n) is 2.30. The first-order valence-corrected chi connectivity index (χ1v) is 3.50. The zero-order valence-electron chi connectivity index (χ0n) is 6.64. The predicted octanol–water partition coefficient (Wildman–Crippen LogP) is 1.20. The van der Waals surface area contributed by atoms with E-state index in [4.69, 9.17) is 10.5 Å². The highest BCUT2D eigenvalue weighted by Crippen LogP contribution is 2.02. The highest BCUT2D eigenvalue weighted by Gasteiger charge is 2.01. The van der Waals surface area contributed by atoms with Crippen molar-refractivity contribution in [3.63, 3.8) is 0 Å². The highest BCUT2D eigenvalue weighted by atomic mass is 16.4. The number of benzene rings is 1. The molecule has 0 atom stereocenters. The van der Waals surface area contributed by atoms with E-state index >= 15 is 0 Å². The topological polar surface area (TPSA) is 73.5 Å². The molecule has 1 aromatic carbocycles. The van der Waals surface area contributed by atoms with Crippen LogP contribution in [0, 0.1) is 11.3 Å². The molecule has 0 aliphatic heterocycles. The zero-order valence-corrected chi connectivity index (χ0v) is 6.64. The molecular weight excluding hydrogens is 168 g/mol. The van der Waals surface area contributed by atoms with Gasteiger partial charge in [0.15, 0.2) is 0 Å². The lowest BCUT2D eigenvalue weighted by molar-refractivity contribution is 0.106. The van der Waals surface area contributed by atoms with Crippen LogP contribution in [-0.4, -0.2) is 17.2 Å². The third-order valence-corrected chi connectivity index (χ3v) is 1.47. The number of ketones is 1. The number of carbonyl (C=O) groups excluding carboxylic acids is 1. The molecular formula is C9H6N2O2. The van der Waals surface area contributed by atoms with Crippen LogP contribution in [0.4, 0.5) is 0 Å². The summed E-state index contributed by atoms with van der Waals surface area (Å²) in [5.74, 6) is -0.396. The Kier molecular flexibility index (Phi) is 2.77. The van der Waals surface area contributed by atoms with E-state index in [2.05, 4.69) is 5.16 Å². The molecule has 1 N–H and O–H groups in total. The molecule has 4 heteroatoms. The van der Waals surface area contributed by atoms with Crippen molar-refractivity contribution < 1.29 is 10.0 Å². The molecule has 0 spiro atoms. The molecule has 4 nitrogen and oxygen atoms in total. The fourth-order valence-corrected chi connectivity index (χ4v) is 0.836. The number of hydrogen-bond acceptors (Lipinski definition) is 4. The number of nitrogens with zero attached hydrogens (tertiary/aromatic N) is 2. The number of rotatable bonds is 2. The van der Waals surface area contributed by atoms with Crippen molar-refractivity contribution >= 4 is 12.0 Å². The van der Waals surface area contributed by atoms with Crippen LogP contribution in [-0.2, 0) is 0 Å². The molecule has 0 radical (unpaired) electrons. The van der Waals surface area contributed by atoms with Gasteiger partial charge in [0.25, 0.3) is 0 Å². The number of carbonyl (C=O) groups is 1. The van der Waals surface area contributed by atoms with Crippen molar-refractivity contribution in [3.8, 4) is 6.07 Å². The molecule has 0 aliphatic rings. The third kappa shape index (κ3) is 2.14. The van der Waals surface area contributed by atoms with Gasteiger partial charge in [0.2, 0.25) is 5.78 Å². The van der Waals surface area contributed by atoms with Crippen molar-refractivity contribution in [2.24, 2.45) is 5.16 Å². The van der Waals surface area contributed by atoms with E-state index in [1.54, 1.807) is 0 Å². The Balaban J connectivity index is 2.94. The summed E-state index contributed by atoms with van der Waals surface area (Å²) in [7, 11) is 0. The Bertz CT molecular complexity index is 374. The van der Waals surface area contributed by atoms with Crippen molar-refractivity contribution in [1.82, 2.24) is 0 Å². The lowest BCUT2D eigenvalue weighted by Crippen LogP contribution is -1.99. The average molecular weight is 174 g/mol. The maximum absolute atomic E-state index is 11.1. The smallest absolute Gasteiger partial charge is 0.207 e. The predicted molar refractivity (Wildman–Crippen MR) is 45.8 cm³/mol. The minimum absolute atomic E-state index is 0.386. The van der Waals surface area contributed by atoms with E-state index in [1.807, 2.05) is 6.07 Å². The molecule has 0 aromatic heterocycles. The fraction of sp³-hybridized carbons (Fsp3) is 0. The summed E-state index contributed by atoms with van der Waals surface area (Å²) in [4.78, 5) is 11.1. The SMILES string of the molecule is N#Cc1ccc(C(=O)/C=N/O)cc1. The van der Waals surface area contributed by atoms with Crippen LogP contribution in [0.3, 0.4) is 0 Å². The Morgan fingerprint density at radius 2 is 2.08 bits per heavy atom. The first-order valence-electron chi connectivity index (χ1n) is 3.50. The normalized spacial score (nSPS) is 9.77. The van der Waals surface area contributed by atoms with Crippen LogP contribution in [0.15, 0.2) is 29.4 Å². The van der Waals surface area contributed by atoms with Gasteiger partial charge in [-0.05, 0) is 24.3 Å². The molecule has 13 heavy (non-hydrogen) atoms. The summed E-state index contributed by atoms with van der Waals surface area (Å²) < 4.78 is 0. The molecule has 0 amide bonds. The van der Waals surface area contributed by atoms with Crippen molar-refractivity contribution in [2.75, 3.05) is 0 Å². The van der Waals surface area contributed by atoms with Crippen molar-refractivity contribution in [1.29, 1.82) is 5.26 Å². The van der Waals surface area contributed by atoms with E-state index in [1.165, 1.54) is 24.3 Å². The molecule has 0 saturated carbocycles. The average Bonchev–Trinajstić information content (AvgIpc) is 2.18. The second kappa shape index (κ2) is 4.02. The Hall–Kier alpha value is -2.15. The summed E-state index contributed by atoms with van der Waals surface area (Å²) >= 11 is 0. The lowest BCUT2D eigenvalue weighted by Gasteiger charge is -1.93. The van der Waals surface area contributed by atoms with Gasteiger partial charge in [-0.25, -0.2) is 0 Å². The Labute approximate surface area is 74.7 Å². The summed E-state index contributed by atoms with van der Waals surface area (Å²) in [6.45, 7) is 0. The van der Waals surface area contributed by atoms with Gasteiger partial charge in [0.05, 0.1) is 11.6 Å². The van der Waals surface area contributed by atoms with E-state index in [-0.39, 0.29) is 0 Å². The summed E-state index contributed by atoms with van der Waals surface area (Å²) in [6.07, 6.45) is 0.807. The number of oxime groups is 1. The quantitative estimate of drug-likeness (QED) is 0.317. The first-order chi connectivity index (χ1) is 6.27. The van der Waals surface area contributed by atoms with Gasteiger partial charge in [0, 0.05) is 5.56 Å². The minimum Gasteiger partial charge on any atom is -0.411 e. The standard InChI is InChI=1S/C9H6N2O2/c10-5-7-1-3-8(4-2-7)9(12)6-11-13/h1-4,6,13H/b11-6+. The first kappa shape index (κ1) is 8.94. The van der Waals surface area contributed by atoms with Gasteiger partial charge in [0.1, 0.15) is 6.21 Å². The lowest BCUT2D eigenvalue weighted by atomic mass is 10.1. The summed E-state index contributed by atoms with van der Waals surface area (Å²) in [5, 5.41) is 19.2. The van der Waals surface area contributed by atoms with Crippen molar-refractivity contribution in [2.45, 2.75) is 0 Å². The number of nitriles is 1. The molecule has 64 valence electrons. The van der Waals surface area contributed by atoms with Crippen LogP contribution >= 0.6 is 0 Å². The van der Waals surface area contributed by atoms with Crippen LogP contribution < -0.4 is 0 Å². The van der Waals surface area contributed by atoms with Crippen molar-refractivity contribution in [3.05, 3.63) is 35.4 Å². The molecule has 0 saturated heterocycles. The molecule has 0 fully saturated rings. The number of hydrogen-bond donors (Lipinski definition) is 1. The molecule has 0 unspecified atom stereocenters. The maximum atomic E-state index is 11.1. The van der Waals surface area contributed by atoms with Gasteiger partial charge in [-0.2, -0.15) is 5.26 Å². The second-order valence-corrected chi connectivity index (χ2v) is 2.30. The number of Topliss-reactive ketones (excluding diaryl/α,β-unsaturated/α-hetero) is 1. The van der Waals surface area contributed by atoms with Gasteiger partial charge in [-0.15, -0.1) is 0 Å². The Morgan fingerprint density at radius 3 is 2.54 bits per heavy atom. The fourth-order valence-electron chi connectivity index (χ4n) is 0.836. The monoisotopic (exact) mass is 174 g/mol. The van der Waals surface area contributed by atoms with Gasteiger partial charge in [-0.3, -0.25) is 4.79 Å². The zero-order chi connectivity index (χ0) is 9.68.